The molecule has 0 bridgehead atoms. The van der Waals surface area contributed by atoms with Crippen LogP contribution in [0.3, 0.4) is 0 Å². The van der Waals surface area contributed by atoms with Crippen molar-refractivity contribution in [1.82, 2.24) is 10.7 Å². The van der Waals surface area contributed by atoms with Crippen LogP contribution in [-0.2, 0) is 4.74 Å². The van der Waals surface area contributed by atoms with Gasteiger partial charge in [-0.2, -0.15) is 0 Å². The first-order chi connectivity index (χ1) is 8.28. The molecular formula is C12H24N4O. The molecule has 5 heteroatoms. The van der Waals surface area contributed by atoms with Crippen molar-refractivity contribution in [3.63, 3.8) is 0 Å². The van der Waals surface area contributed by atoms with E-state index in [1.54, 1.807) is 0 Å². The molecule has 0 amide bonds. The summed E-state index contributed by atoms with van der Waals surface area (Å²) in [7, 11) is 0. The SMILES string of the molecule is CC1CC(NC(=NC2CCCC2)NN)CCO1. The molecule has 4 N–H and O–H groups in total. The summed E-state index contributed by atoms with van der Waals surface area (Å²) in [4.78, 5) is 4.64. The molecule has 0 aromatic heterocycles. The van der Waals surface area contributed by atoms with Crippen molar-refractivity contribution in [3.8, 4) is 0 Å². The van der Waals surface area contributed by atoms with Crippen LogP contribution < -0.4 is 16.6 Å². The maximum Gasteiger partial charge on any atom is 0.206 e. The number of hydrogen-bond donors (Lipinski definition) is 3. The molecule has 0 aromatic carbocycles. The lowest BCUT2D eigenvalue weighted by atomic mass is 10.0. The zero-order valence-electron chi connectivity index (χ0n) is 10.6. The van der Waals surface area contributed by atoms with Gasteiger partial charge in [0, 0.05) is 12.6 Å². The minimum Gasteiger partial charge on any atom is -0.378 e. The van der Waals surface area contributed by atoms with Crippen LogP contribution in [0.15, 0.2) is 4.99 Å². The molecule has 2 aliphatic rings. The van der Waals surface area contributed by atoms with Gasteiger partial charge in [0.15, 0.2) is 0 Å². The fourth-order valence-electron chi connectivity index (χ4n) is 2.65. The minimum absolute atomic E-state index is 0.326. The Morgan fingerprint density at radius 2 is 2.06 bits per heavy atom. The molecule has 98 valence electrons. The maximum absolute atomic E-state index is 5.53. The van der Waals surface area contributed by atoms with Gasteiger partial charge in [-0.05, 0) is 32.6 Å². The second-order valence-corrected chi connectivity index (χ2v) is 5.11. The van der Waals surface area contributed by atoms with E-state index in [1.807, 2.05) is 0 Å². The number of guanidine groups is 1. The molecule has 1 saturated carbocycles. The molecule has 0 radical (unpaired) electrons. The first-order valence-electron chi connectivity index (χ1n) is 6.70. The number of nitrogens with one attached hydrogen (secondary N) is 2. The molecule has 1 aliphatic carbocycles. The summed E-state index contributed by atoms with van der Waals surface area (Å²) in [5.74, 6) is 6.27. The van der Waals surface area contributed by atoms with Gasteiger partial charge in [-0.15, -0.1) is 0 Å². The highest BCUT2D eigenvalue weighted by atomic mass is 16.5. The second kappa shape index (κ2) is 6.21. The summed E-state index contributed by atoms with van der Waals surface area (Å²) < 4.78 is 5.53. The largest absolute Gasteiger partial charge is 0.378 e. The maximum atomic E-state index is 5.53. The summed E-state index contributed by atoms with van der Waals surface area (Å²) >= 11 is 0. The molecule has 1 aliphatic heterocycles. The van der Waals surface area contributed by atoms with Crippen molar-refractivity contribution in [3.05, 3.63) is 0 Å². The topological polar surface area (TPSA) is 71.7 Å². The van der Waals surface area contributed by atoms with Crippen molar-refractivity contribution < 1.29 is 4.74 Å². The van der Waals surface area contributed by atoms with Gasteiger partial charge in [0.05, 0.1) is 12.1 Å². The van der Waals surface area contributed by atoms with E-state index in [0.29, 0.717) is 18.2 Å². The molecule has 1 heterocycles. The predicted molar refractivity (Wildman–Crippen MR) is 68.6 cm³/mol. The van der Waals surface area contributed by atoms with Crippen molar-refractivity contribution in [2.24, 2.45) is 10.8 Å². The third kappa shape index (κ3) is 3.85. The van der Waals surface area contributed by atoms with E-state index in [9.17, 15) is 0 Å². The molecule has 2 unspecified atom stereocenters. The van der Waals surface area contributed by atoms with E-state index >= 15 is 0 Å². The average Bonchev–Trinajstić information content (AvgIpc) is 2.81. The van der Waals surface area contributed by atoms with Crippen LogP contribution in [-0.4, -0.2) is 30.8 Å². The standard InChI is InChI=1S/C12H24N4O/c1-9-8-11(6-7-17-9)15-12(16-13)14-10-4-2-3-5-10/h9-11H,2-8,13H2,1H3,(H2,14,15,16). The zero-order valence-corrected chi connectivity index (χ0v) is 10.6. The Morgan fingerprint density at radius 3 is 2.71 bits per heavy atom. The molecular weight excluding hydrogens is 216 g/mol. The summed E-state index contributed by atoms with van der Waals surface area (Å²) in [5, 5.41) is 3.40. The van der Waals surface area contributed by atoms with E-state index in [0.717, 1.165) is 25.4 Å². The Bertz CT molecular complexity index is 263. The van der Waals surface area contributed by atoms with E-state index < -0.39 is 0 Å². The zero-order chi connectivity index (χ0) is 12.1. The van der Waals surface area contributed by atoms with E-state index in [2.05, 4.69) is 22.7 Å². The van der Waals surface area contributed by atoms with Gasteiger partial charge in [-0.3, -0.25) is 5.43 Å². The van der Waals surface area contributed by atoms with Crippen molar-refractivity contribution in [2.45, 2.75) is 63.6 Å². The predicted octanol–water partition coefficient (Wildman–Crippen LogP) is 0.905. The smallest absolute Gasteiger partial charge is 0.206 e. The highest BCUT2D eigenvalue weighted by molar-refractivity contribution is 5.79. The van der Waals surface area contributed by atoms with Crippen molar-refractivity contribution in [2.75, 3.05) is 6.61 Å². The molecule has 0 spiro atoms. The van der Waals surface area contributed by atoms with Crippen LogP contribution in [0.2, 0.25) is 0 Å². The normalized spacial score (nSPS) is 31.5. The third-order valence-electron chi connectivity index (χ3n) is 3.60. The van der Waals surface area contributed by atoms with E-state index in [1.165, 1.54) is 25.7 Å². The lowest BCUT2D eigenvalue weighted by molar-refractivity contribution is 0.0165. The Kier molecular flexibility index (Phi) is 4.62. The van der Waals surface area contributed by atoms with Gasteiger partial charge in [-0.25, -0.2) is 10.8 Å². The molecule has 2 atom stereocenters. The van der Waals surface area contributed by atoms with Gasteiger partial charge in [-0.1, -0.05) is 12.8 Å². The van der Waals surface area contributed by atoms with Crippen LogP contribution in [0.4, 0.5) is 0 Å². The molecule has 0 aromatic rings. The number of hydrogen-bond acceptors (Lipinski definition) is 3. The Balaban J connectivity index is 1.85. The van der Waals surface area contributed by atoms with Gasteiger partial charge < -0.3 is 10.1 Å². The number of aliphatic imine (C=N–C) groups is 1. The lowest BCUT2D eigenvalue weighted by Gasteiger charge is -2.29. The summed E-state index contributed by atoms with van der Waals surface area (Å²) in [5.41, 5.74) is 2.69. The van der Waals surface area contributed by atoms with E-state index in [-0.39, 0.29) is 0 Å². The Hall–Kier alpha value is -0.810. The van der Waals surface area contributed by atoms with Gasteiger partial charge in [0.1, 0.15) is 0 Å². The second-order valence-electron chi connectivity index (χ2n) is 5.11. The van der Waals surface area contributed by atoms with Crippen molar-refractivity contribution >= 4 is 5.96 Å². The van der Waals surface area contributed by atoms with Crippen LogP contribution >= 0.6 is 0 Å². The summed E-state index contributed by atoms with van der Waals surface area (Å²) in [6.45, 7) is 2.93. The fourth-order valence-corrected chi connectivity index (χ4v) is 2.65. The molecule has 2 fully saturated rings. The van der Waals surface area contributed by atoms with Crippen LogP contribution in [0.5, 0.6) is 0 Å². The summed E-state index contributed by atoms with van der Waals surface area (Å²) in [6.07, 6.45) is 7.34. The molecule has 17 heavy (non-hydrogen) atoms. The highest BCUT2D eigenvalue weighted by Crippen LogP contribution is 2.21. The lowest BCUT2D eigenvalue weighted by Crippen LogP contribution is -2.49. The Morgan fingerprint density at radius 1 is 1.29 bits per heavy atom. The number of nitrogens with zero attached hydrogens (tertiary/aromatic N) is 1. The van der Waals surface area contributed by atoms with Crippen LogP contribution in [0.1, 0.15) is 45.4 Å². The number of rotatable bonds is 2. The van der Waals surface area contributed by atoms with Gasteiger partial charge in [0.25, 0.3) is 0 Å². The minimum atomic E-state index is 0.326. The average molecular weight is 240 g/mol. The monoisotopic (exact) mass is 240 g/mol. The molecule has 5 nitrogen and oxygen atoms in total. The van der Waals surface area contributed by atoms with Crippen molar-refractivity contribution in [1.29, 1.82) is 0 Å². The van der Waals surface area contributed by atoms with Crippen LogP contribution in [0.25, 0.3) is 0 Å². The number of ether oxygens (including phenoxy) is 1. The first kappa shape index (κ1) is 12.6. The number of nitrogens with two attached hydrogens (primary N) is 1. The van der Waals surface area contributed by atoms with Gasteiger partial charge in [0.2, 0.25) is 5.96 Å². The van der Waals surface area contributed by atoms with E-state index in [4.69, 9.17) is 10.6 Å². The fraction of sp³-hybridized carbons (Fsp3) is 0.917. The Labute approximate surface area is 103 Å². The van der Waals surface area contributed by atoms with Gasteiger partial charge >= 0.3 is 0 Å². The third-order valence-corrected chi connectivity index (χ3v) is 3.60. The number of hydrazine groups is 1. The molecule has 2 rings (SSSR count). The van der Waals surface area contributed by atoms with Crippen LogP contribution in [0, 0.1) is 0 Å². The highest BCUT2D eigenvalue weighted by Gasteiger charge is 2.21. The summed E-state index contributed by atoms with van der Waals surface area (Å²) in [6, 6.07) is 0.876. The quantitative estimate of drug-likeness (QED) is 0.290. The molecule has 1 saturated heterocycles. The first-order valence-corrected chi connectivity index (χ1v) is 6.70.